The maximum Gasteiger partial charge on any atom is 0.288 e. The van der Waals surface area contributed by atoms with Gasteiger partial charge in [-0.2, -0.15) is 0 Å². The SMILES string of the molecule is CCCCCCCCCCC(CC)(CCCCCCCC)C(OCC)(OCC)OCC. The van der Waals surface area contributed by atoms with Crippen molar-refractivity contribution >= 4 is 0 Å². The summed E-state index contributed by atoms with van der Waals surface area (Å²) in [6.07, 6.45) is 22.0. The first-order valence-electron chi connectivity index (χ1n) is 14.0. The molecule has 1 atom stereocenters. The van der Waals surface area contributed by atoms with Crippen LogP contribution in [0, 0.1) is 5.41 Å². The van der Waals surface area contributed by atoms with Gasteiger partial charge in [-0.25, -0.2) is 0 Å². The van der Waals surface area contributed by atoms with Crippen molar-refractivity contribution < 1.29 is 14.2 Å². The van der Waals surface area contributed by atoms with E-state index in [1.807, 2.05) is 0 Å². The van der Waals surface area contributed by atoms with Crippen molar-refractivity contribution in [1.82, 2.24) is 0 Å². The Morgan fingerprint density at radius 3 is 1.03 bits per heavy atom. The fourth-order valence-electron chi connectivity index (χ4n) is 5.00. The Bertz CT molecular complexity index is 354. The first-order chi connectivity index (χ1) is 15.1. The first-order valence-corrected chi connectivity index (χ1v) is 14.0. The molecule has 0 aliphatic heterocycles. The van der Waals surface area contributed by atoms with Crippen LogP contribution in [0.1, 0.15) is 151 Å². The van der Waals surface area contributed by atoms with Crippen LogP contribution < -0.4 is 0 Å². The predicted molar refractivity (Wildman–Crippen MR) is 136 cm³/mol. The summed E-state index contributed by atoms with van der Waals surface area (Å²) in [5.74, 6) is -0.898. The number of rotatable bonds is 24. The van der Waals surface area contributed by atoms with Crippen LogP contribution >= 0.6 is 0 Å². The Hall–Kier alpha value is -0.120. The Kier molecular flexibility index (Phi) is 20.4. The highest BCUT2D eigenvalue weighted by atomic mass is 16.9. The van der Waals surface area contributed by atoms with Gasteiger partial charge in [0.1, 0.15) is 0 Å². The molecule has 0 fully saturated rings. The lowest BCUT2D eigenvalue weighted by Gasteiger charge is -2.48. The summed E-state index contributed by atoms with van der Waals surface area (Å²) in [5.41, 5.74) is -0.0675. The van der Waals surface area contributed by atoms with Gasteiger partial charge in [-0.1, -0.05) is 111 Å². The molecule has 0 rings (SSSR count). The largest absolute Gasteiger partial charge is 0.327 e. The fourth-order valence-corrected chi connectivity index (χ4v) is 5.00. The molecule has 188 valence electrons. The van der Waals surface area contributed by atoms with Gasteiger partial charge >= 0.3 is 0 Å². The molecule has 0 aromatic heterocycles. The van der Waals surface area contributed by atoms with Crippen molar-refractivity contribution in [3.05, 3.63) is 0 Å². The molecule has 0 heterocycles. The zero-order valence-corrected chi connectivity index (χ0v) is 22.4. The summed E-state index contributed by atoms with van der Waals surface area (Å²) >= 11 is 0. The van der Waals surface area contributed by atoms with E-state index < -0.39 is 5.97 Å². The Morgan fingerprint density at radius 1 is 0.419 bits per heavy atom. The molecule has 0 aliphatic rings. The third kappa shape index (κ3) is 12.1. The Labute approximate surface area is 196 Å². The summed E-state index contributed by atoms with van der Waals surface area (Å²) in [5, 5.41) is 0. The second-order valence-electron chi connectivity index (χ2n) is 9.23. The predicted octanol–water partition coefficient (Wildman–Crippen LogP) is 9.43. The van der Waals surface area contributed by atoms with Crippen molar-refractivity contribution in [3.8, 4) is 0 Å². The Morgan fingerprint density at radius 2 is 0.742 bits per heavy atom. The van der Waals surface area contributed by atoms with Gasteiger partial charge in [-0.05, 0) is 40.0 Å². The monoisotopic (exact) mass is 442 g/mol. The van der Waals surface area contributed by atoms with E-state index in [1.165, 1.54) is 89.9 Å². The highest BCUT2D eigenvalue weighted by Gasteiger charge is 2.53. The molecule has 3 heteroatoms. The third-order valence-electron chi connectivity index (χ3n) is 6.85. The highest BCUT2D eigenvalue weighted by molar-refractivity contribution is 4.88. The van der Waals surface area contributed by atoms with Gasteiger partial charge in [-0.3, -0.25) is 0 Å². The maximum atomic E-state index is 6.34. The van der Waals surface area contributed by atoms with Crippen LogP contribution in [0.25, 0.3) is 0 Å². The van der Waals surface area contributed by atoms with Crippen molar-refractivity contribution in [3.63, 3.8) is 0 Å². The van der Waals surface area contributed by atoms with Crippen molar-refractivity contribution in [2.45, 2.75) is 157 Å². The van der Waals surface area contributed by atoms with E-state index in [9.17, 15) is 0 Å². The van der Waals surface area contributed by atoms with Crippen LogP contribution in [0.2, 0.25) is 0 Å². The van der Waals surface area contributed by atoms with Gasteiger partial charge < -0.3 is 14.2 Å². The summed E-state index contributed by atoms with van der Waals surface area (Å²) in [4.78, 5) is 0. The van der Waals surface area contributed by atoms with Gasteiger partial charge in [0.2, 0.25) is 0 Å². The molecule has 31 heavy (non-hydrogen) atoms. The number of hydrogen-bond acceptors (Lipinski definition) is 3. The number of ether oxygens (including phenoxy) is 3. The van der Waals surface area contributed by atoms with E-state index in [0.717, 1.165) is 19.3 Å². The smallest absolute Gasteiger partial charge is 0.288 e. The number of hydrogen-bond donors (Lipinski definition) is 0. The van der Waals surface area contributed by atoms with Gasteiger partial charge in [0.05, 0.1) is 5.41 Å². The second kappa shape index (κ2) is 20.5. The summed E-state index contributed by atoms with van der Waals surface area (Å²) in [6, 6.07) is 0. The zero-order valence-electron chi connectivity index (χ0n) is 22.4. The first kappa shape index (κ1) is 30.9. The molecule has 0 aliphatic carbocycles. The van der Waals surface area contributed by atoms with E-state index >= 15 is 0 Å². The molecule has 0 spiro atoms. The molecule has 0 saturated heterocycles. The van der Waals surface area contributed by atoms with E-state index in [0.29, 0.717) is 19.8 Å². The van der Waals surface area contributed by atoms with E-state index in [1.54, 1.807) is 0 Å². The molecule has 0 radical (unpaired) electrons. The van der Waals surface area contributed by atoms with E-state index in [-0.39, 0.29) is 5.41 Å². The van der Waals surface area contributed by atoms with Crippen LogP contribution in [0.15, 0.2) is 0 Å². The van der Waals surface area contributed by atoms with Crippen LogP contribution in [0.4, 0.5) is 0 Å². The second-order valence-corrected chi connectivity index (χ2v) is 9.23. The van der Waals surface area contributed by atoms with E-state index in [2.05, 4.69) is 41.5 Å². The van der Waals surface area contributed by atoms with Crippen LogP contribution in [-0.4, -0.2) is 25.8 Å². The summed E-state index contributed by atoms with van der Waals surface area (Å²) < 4.78 is 19.0. The quantitative estimate of drug-likeness (QED) is 0.110. The lowest BCUT2D eigenvalue weighted by Crippen LogP contribution is -2.54. The van der Waals surface area contributed by atoms with Crippen LogP contribution in [-0.2, 0) is 14.2 Å². The lowest BCUT2D eigenvalue weighted by molar-refractivity contribution is -0.431. The number of unbranched alkanes of at least 4 members (excludes halogenated alkanes) is 12. The summed E-state index contributed by atoms with van der Waals surface area (Å²) in [6.45, 7) is 14.9. The topological polar surface area (TPSA) is 27.7 Å². The molecular formula is C28H58O3. The normalized spacial score (nSPS) is 14.1. The fraction of sp³-hybridized carbons (Fsp3) is 1.00. The molecule has 1 unspecified atom stereocenters. The standard InChI is InChI=1S/C28H58O3/c1-7-13-15-17-19-20-22-24-26-27(9-3,25-23-21-18-16-14-8-2)28(29-10-4,30-11-5)31-12-6/h7-26H2,1-6H3. The van der Waals surface area contributed by atoms with E-state index in [4.69, 9.17) is 14.2 Å². The average molecular weight is 443 g/mol. The molecule has 0 bridgehead atoms. The molecule has 0 N–H and O–H groups in total. The van der Waals surface area contributed by atoms with Crippen LogP contribution in [0.3, 0.4) is 0 Å². The summed E-state index contributed by atoms with van der Waals surface area (Å²) in [7, 11) is 0. The highest BCUT2D eigenvalue weighted by Crippen LogP contribution is 2.48. The van der Waals surface area contributed by atoms with Gasteiger partial charge in [0.15, 0.2) is 0 Å². The van der Waals surface area contributed by atoms with Crippen LogP contribution in [0.5, 0.6) is 0 Å². The maximum absolute atomic E-state index is 6.34. The molecule has 3 nitrogen and oxygen atoms in total. The molecule has 0 amide bonds. The molecule has 0 aromatic carbocycles. The van der Waals surface area contributed by atoms with Crippen molar-refractivity contribution in [2.24, 2.45) is 5.41 Å². The van der Waals surface area contributed by atoms with Crippen molar-refractivity contribution in [1.29, 1.82) is 0 Å². The van der Waals surface area contributed by atoms with Crippen molar-refractivity contribution in [2.75, 3.05) is 19.8 Å². The minimum atomic E-state index is -0.898. The lowest BCUT2D eigenvalue weighted by atomic mass is 9.73. The van der Waals surface area contributed by atoms with Gasteiger partial charge in [0.25, 0.3) is 5.97 Å². The zero-order chi connectivity index (χ0) is 23.3. The molecule has 0 aromatic rings. The average Bonchev–Trinajstić information content (AvgIpc) is 2.77. The van der Waals surface area contributed by atoms with Gasteiger partial charge in [-0.15, -0.1) is 0 Å². The Balaban J connectivity index is 5.11. The molecular weight excluding hydrogens is 384 g/mol. The minimum Gasteiger partial charge on any atom is -0.327 e. The minimum absolute atomic E-state index is 0.0675. The molecule has 0 saturated carbocycles. The third-order valence-corrected chi connectivity index (χ3v) is 6.85. The van der Waals surface area contributed by atoms with Gasteiger partial charge in [0, 0.05) is 19.8 Å².